The summed E-state index contributed by atoms with van der Waals surface area (Å²) in [4.78, 5) is 119. The number of aromatic amines is 1. The van der Waals surface area contributed by atoms with Gasteiger partial charge in [0, 0.05) is 66.3 Å². The average molecular weight is 1130 g/mol. The number of amides is 3. The number of ether oxygens (including phenoxy) is 1. The molecule has 12 N–H and O–H groups in total. The van der Waals surface area contributed by atoms with E-state index < -0.39 is 59.8 Å². The molecule has 2 aliphatic heterocycles. The summed E-state index contributed by atoms with van der Waals surface area (Å²) in [7, 11) is -16.7. The predicted octanol–water partition coefficient (Wildman–Crippen LogP) is 4.74. The number of hydrogen-bond donors (Lipinski definition) is 11. The Balaban J connectivity index is 0.781. The molecule has 0 radical (unpaired) electrons. The third-order valence-electron chi connectivity index (χ3n) is 11.8. The summed E-state index contributed by atoms with van der Waals surface area (Å²) in [6.45, 7) is -0.0441. The number of carboxylic acids is 1. The summed E-state index contributed by atoms with van der Waals surface area (Å²) < 4.78 is 60.0. The highest BCUT2D eigenvalue weighted by Crippen LogP contribution is 2.66. The number of carbonyl (C=O) groups excluding carboxylic acids is 3. The fraction of sp³-hybridized carbons (Fsp3) is 0.340. The van der Waals surface area contributed by atoms with Crippen molar-refractivity contribution >= 4 is 75.1 Å². The number of nitrogens with two attached hydrogens (primary N) is 1. The lowest BCUT2D eigenvalue weighted by atomic mass is 9.90. The molecule has 0 saturated carbocycles. The molecule has 4 aromatic rings. The summed E-state index contributed by atoms with van der Waals surface area (Å²) in [5.74, 6) is 3.35. The van der Waals surface area contributed by atoms with Gasteiger partial charge in [-0.05, 0) is 80.5 Å². The molecular formula is C47H52N7O20P3. The Labute approximate surface area is 435 Å². The number of aromatic carboxylic acids is 1. The fourth-order valence-electron chi connectivity index (χ4n) is 8.38. The number of phosphoric acid groups is 3. The van der Waals surface area contributed by atoms with Gasteiger partial charge in [0.05, 0.1) is 35.8 Å². The molecule has 4 heterocycles. The van der Waals surface area contributed by atoms with Crippen molar-refractivity contribution in [3.63, 3.8) is 0 Å². The molecule has 1 fully saturated rings. The van der Waals surface area contributed by atoms with Gasteiger partial charge in [-0.3, -0.25) is 33.5 Å². The molecule has 0 bridgehead atoms. The normalized spacial score (nSPS) is 16.1. The molecule has 4 unspecified atom stereocenters. The number of phosphoric ester groups is 1. The Morgan fingerprint density at radius 2 is 1.53 bits per heavy atom. The van der Waals surface area contributed by atoms with Gasteiger partial charge in [-0.25, -0.2) is 18.5 Å². The second kappa shape index (κ2) is 25.0. The van der Waals surface area contributed by atoms with Crippen LogP contribution >= 0.6 is 23.5 Å². The summed E-state index contributed by atoms with van der Waals surface area (Å²) >= 11 is 0. The number of hydrogen-bond acceptors (Lipinski definition) is 17. The summed E-state index contributed by atoms with van der Waals surface area (Å²) in [5, 5.41) is 29.2. The van der Waals surface area contributed by atoms with Gasteiger partial charge in [0.15, 0.2) is 11.1 Å². The van der Waals surface area contributed by atoms with E-state index in [1.165, 1.54) is 59.3 Å². The minimum absolute atomic E-state index is 0.0601. The standard InChI is InChI=1S/C47H52N7O20P3/c48-47-52-43-41(45(60)53-47)28(25-54(43)40-18-14-31(71-40)26-70-76(66,67)74-77(68,69)73-75(63,64)65)8-7-21-50-39(58)10-3-1-5-19-49-38(57)9-4-2-6-20-51-44(59)27-11-15-32(35(22-27)46(61)62)42-33-16-12-29(55)23-36(33)72-37-24-30(56)13-17-34(37)42/h11-13,15-17,22-25,31,40,55H,1-6,9-10,14,18-21,26H2,(H,49,57)(H,50,58)(H,51,59)(H,61,62)(H,66,67)(H,68,69)(H2,63,64,65)(H3,48,52,53,60). The molecule has 0 spiro atoms. The number of nitrogen functional groups attached to an aromatic ring is 1. The maximum Gasteiger partial charge on any atom is 0.490 e. The number of nitrogens with zero attached hydrogens (tertiary/aromatic N) is 2. The van der Waals surface area contributed by atoms with Crippen molar-refractivity contribution in [3.05, 3.63) is 98.1 Å². The largest absolute Gasteiger partial charge is 0.508 e. The molecule has 7 rings (SSSR count). The van der Waals surface area contributed by atoms with Gasteiger partial charge >= 0.3 is 29.4 Å². The number of carbonyl (C=O) groups is 4. The lowest BCUT2D eigenvalue weighted by Gasteiger charge is -2.19. The number of H-pyrrole nitrogens is 1. The lowest BCUT2D eigenvalue weighted by Crippen LogP contribution is -2.25. The number of benzene rings is 3. The number of aromatic hydroxyl groups is 1. The van der Waals surface area contributed by atoms with Crippen molar-refractivity contribution < 1.29 is 85.0 Å². The Morgan fingerprint density at radius 1 is 0.831 bits per heavy atom. The van der Waals surface area contributed by atoms with E-state index in [2.05, 4.69) is 50.9 Å². The number of phenolic OH excluding ortho intramolecular Hbond substituents is 1. The number of rotatable bonds is 24. The van der Waals surface area contributed by atoms with E-state index in [0.717, 1.165) is 0 Å². The number of nitrogens with one attached hydrogen (secondary N) is 4. The van der Waals surface area contributed by atoms with Gasteiger partial charge in [-0.2, -0.15) is 13.6 Å². The maximum absolute atomic E-state index is 13.1. The predicted molar refractivity (Wildman–Crippen MR) is 273 cm³/mol. The van der Waals surface area contributed by atoms with E-state index in [9.17, 15) is 62.5 Å². The topological polar surface area (TPSA) is 421 Å². The number of anilines is 1. The quantitative estimate of drug-likeness (QED) is 0.0169. The summed E-state index contributed by atoms with van der Waals surface area (Å²) in [6.07, 6.45) is 4.23. The first-order chi connectivity index (χ1) is 36.5. The highest BCUT2D eigenvalue weighted by molar-refractivity contribution is 7.66. The SMILES string of the molecule is Nc1nc2c(c(C#CCNC(=O)CCCCCNC(=O)CCCCCNC(=O)c3ccc(-c4c5ccc(=O)cc-5oc5cc(O)ccc45)c(C(=O)O)c3)cn2C2CCC(COP(=O)(O)OP(=O)(O)OP(=O)(O)O)O2)c(=O)[nH]1. The smallest absolute Gasteiger partial charge is 0.490 e. The first kappa shape index (κ1) is 57.7. The highest BCUT2D eigenvalue weighted by Gasteiger charge is 2.41. The second-order valence-corrected chi connectivity index (χ2v) is 21.9. The second-order valence-electron chi connectivity index (χ2n) is 17.5. The summed E-state index contributed by atoms with van der Waals surface area (Å²) in [6, 6.07) is 12.8. The van der Waals surface area contributed by atoms with Crippen molar-refractivity contribution in [2.45, 2.75) is 76.5 Å². The lowest BCUT2D eigenvalue weighted by molar-refractivity contribution is -0.122. The zero-order valence-corrected chi connectivity index (χ0v) is 43.2. The Bertz CT molecular complexity index is 3530. The summed E-state index contributed by atoms with van der Waals surface area (Å²) in [5.41, 5.74) is 6.58. The van der Waals surface area contributed by atoms with Crippen LogP contribution in [0.3, 0.4) is 0 Å². The number of aromatic nitrogens is 3. The molecule has 27 nitrogen and oxygen atoms in total. The van der Waals surface area contributed by atoms with E-state index in [0.29, 0.717) is 61.6 Å². The number of unbranched alkanes of at least 4 members (excludes halogenated alkanes) is 4. The monoisotopic (exact) mass is 1130 g/mol. The van der Waals surface area contributed by atoms with E-state index in [1.54, 1.807) is 6.07 Å². The minimum Gasteiger partial charge on any atom is -0.508 e. The van der Waals surface area contributed by atoms with Crippen molar-refractivity contribution in [1.82, 2.24) is 30.5 Å². The van der Waals surface area contributed by atoms with Crippen LogP contribution < -0.4 is 32.7 Å². The Kier molecular flexibility index (Phi) is 18.7. The number of carboxylic acid groups (broad SMARTS) is 1. The fourth-order valence-corrected chi connectivity index (χ4v) is 11.4. The van der Waals surface area contributed by atoms with Crippen LogP contribution in [0.15, 0.2) is 74.8 Å². The van der Waals surface area contributed by atoms with Crippen LogP contribution in [0.1, 0.15) is 96.7 Å². The van der Waals surface area contributed by atoms with Crippen LogP contribution in [-0.4, -0.2) is 100 Å². The molecule has 30 heteroatoms. The van der Waals surface area contributed by atoms with Crippen LogP contribution in [-0.2, 0) is 41.2 Å². The van der Waals surface area contributed by atoms with Crippen molar-refractivity contribution in [3.8, 4) is 40.0 Å². The van der Waals surface area contributed by atoms with Crippen LogP contribution in [0.25, 0.3) is 44.5 Å². The van der Waals surface area contributed by atoms with Crippen LogP contribution in [0.5, 0.6) is 5.75 Å². The molecule has 77 heavy (non-hydrogen) atoms. The first-order valence-electron chi connectivity index (χ1n) is 23.7. The molecule has 410 valence electrons. The van der Waals surface area contributed by atoms with E-state index in [4.69, 9.17) is 24.7 Å². The van der Waals surface area contributed by atoms with E-state index >= 15 is 0 Å². The van der Waals surface area contributed by atoms with Gasteiger partial charge in [-0.15, -0.1) is 0 Å². The Morgan fingerprint density at radius 3 is 2.25 bits per heavy atom. The van der Waals surface area contributed by atoms with Gasteiger partial charge in [0.1, 0.15) is 23.3 Å². The molecular weight excluding hydrogens is 1080 g/mol. The number of fused-ring (bicyclic) bond motifs is 3. The number of phenols is 1. The molecule has 2 aromatic carbocycles. The molecule has 2 aromatic heterocycles. The van der Waals surface area contributed by atoms with Gasteiger partial charge in [-0.1, -0.05) is 30.7 Å². The van der Waals surface area contributed by atoms with E-state index in [1.807, 2.05) is 0 Å². The Hall–Kier alpha value is -7.04. The van der Waals surface area contributed by atoms with Crippen molar-refractivity contribution in [1.29, 1.82) is 0 Å². The van der Waals surface area contributed by atoms with Crippen LogP contribution in [0.4, 0.5) is 5.95 Å². The first-order valence-corrected chi connectivity index (χ1v) is 28.2. The third kappa shape index (κ3) is 15.8. The minimum atomic E-state index is -5.71. The van der Waals surface area contributed by atoms with Crippen LogP contribution in [0.2, 0.25) is 0 Å². The molecule has 1 saturated heterocycles. The average Bonchev–Trinajstić information content (AvgIpc) is 4.01. The van der Waals surface area contributed by atoms with Gasteiger partial charge in [0.25, 0.3) is 11.5 Å². The highest BCUT2D eigenvalue weighted by atomic mass is 31.3. The zero-order valence-electron chi connectivity index (χ0n) is 40.5. The molecule has 4 atom stereocenters. The van der Waals surface area contributed by atoms with Crippen molar-refractivity contribution in [2.75, 3.05) is 32.0 Å². The van der Waals surface area contributed by atoms with Crippen LogP contribution in [0, 0.1) is 11.8 Å². The van der Waals surface area contributed by atoms with Gasteiger partial charge in [0.2, 0.25) is 17.8 Å². The molecule has 1 aliphatic carbocycles. The molecule has 3 aliphatic rings. The van der Waals surface area contributed by atoms with E-state index in [-0.39, 0.29) is 112 Å². The maximum atomic E-state index is 13.1. The third-order valence-corrected chi connectivity index (χ3v) is 15.6. The van der Waals surface area contributed by atoms with Crippen molar-refractivity contribution in [2.24, 2.45) is 0 Å². The van der Waals surface area contributed by atoms with Gasteiger partial charge < -0.3 is 65.2 Å². The molecule has 3 amide bonds. The zero-order chi connectivity index (χ0) is 55.7.